The van der Waals surface area contributed by atoms with E-state index in [2.05, 4.69) is 0 Å². The first-order chi connectivity index (χ1) is 14.8. The number of piperidine rings is 1. The van der Waals surface area contributed by atoms with Crippen molar-refractivity contribution < 1.29 is 14.3 Å². The van der Waals surface area contributed by atoms with E-state index in [-0.39, 0.29) is 12.2 Å². The molecule has 0 spiro atoms. The lowest BCUT2D eigenvalue weighted by molar-refractivity contribution is -0.0956. The Morgan fingerprint density at radius 3 is 2.20 bits per heavy atom. The standard InChI is InChI=1S/C24H25N3O3/c28-23(26-13-11-19(12-14-26)24-29-15-16-30-24)21-17-27(20-9-5-2-6-10-20)25-22(21)18-7-3-1-4-8-18/h1-10,17,19,24H,11-16H2. The fourth-order valence-electron chi connectivity index (χ4n) is 4.25. The Morgan fingerprint density at radius 1 is 0.900 bits per heavy atom. The maximum Gasteiger partial charge on any atom is 0.257 e. The van der Waals surface area contributed by atoms with Gasteiger partial charge in [0.2, 0.25) is 0 Å². The molecular formula is C24H25N3O3. The van der Waals surface area contributed by atoms with Gasteiger partial charge in [-0.25, -0.2) is 4.68 Å². The molecule has 2 fully saturated rings. The number of carbonyl (C=O) groups excluding carboxylic acids is 1. The monoisotopic (exact) mass is 403 g/mol. The third-order valence-corrected chi connectivity index (χ3v) is 5.87. The average molecular weight is 403 g/mol. The first kappa shape index (κ1) is 19.0. The molecule has 0 N–H and O–H groups in total. The van der Waals surface area contributed by atoms with Gasteiger partial charge in [0.05, 0.1) is 24.5 Å². The molecule has 2 aromatic carbocycles. The number of benzene rings is 2. The molecule has 0 bridgehead atoms. The summed E-state index contributed by atoms with van der Waals surface area (Å²) in [5.41, 5.74) is 3.23. The maximum atomic E-state index is 13.5. The lowest BCUT2D eigenvalue weighted by Crippen LogP contribution is -2.41. The Labute approximate surface area is 176 Å². The summed E-state index contributed by atoms with van der Waals surface area (Å²) in [6, 6.07) is 19.8. The van der Waals surface area contributed by atoms with Gasteiger partial charge in [-0.1, -0.05) is 48.5 Å². The van der Waals surface area contributed by atoms with Gasteiger partial charge in [-0.15, -0.1) is 0 Å². The predicted molar refractivity (Wildman–Crippen MR) is 113 cm³/mol. The summed E-state index contributed by atoms with van der Waals surface area (Å²) >= 11 is 0. The predicted octanol–water partition coefficient (Wildman–Crippen LogP) is 3.76. The zero-order valence-electron chi connectivity index (χ0n) is 16.8. The molecule has 1 aromatic heterocycles. The van der Waals surface area contributed by atoms with Crippen molar-refractivity contribution in [2.75, 3.05) is 26.3 Å². The van der Waals surface area contributed by atoms with Crippen LogP contribution in [0, 0.1) is 5.92 Å². The van der Waals surface area contributed by atoms with Gasteiger partial charge in [0, 0.05) is 30.8 Å². The van der Waals surface area contributed by atoms with Gasteiger partial charge in [-0.2, -0.15) is 5.10 Å². The number of nitrogens with zero attached hydrogens (tertiary/aromatic N) is 3. The third kappa shape index (κ3) is 3.76. The molecule has 30 heavy (non-hydrogen) atoms. The number of hydrogen-bond acceptors (Lipinski definition) is 4. The fourth-order valence-corrected chi connectivity index (χ4v) is 4.25. The van der Waals surface area contributed by atoms with Crippen LogP contribution in [0.5, 0.6) is 0 Å². The van der Waals surface area contributed by atoms with Crippen LogP contribution in [-0.2, 0) is 9.47 Å². The summed E-state index contributed by atoms with van der Waals surface area (Å²) in [4.78, 5) is 15.4. The Balaban J connectivity index is 1.41. The van der Waals surface area contributed by atoms with E-state index in [1.165, 1.54) is 0 Å². The van der Waals surface area contributed by atoms with Gasteiger partial charge in [-0.3, -0.25) is 4.79 Å². The van der Waals surface area contributed by atoms with E-state index in [1.54, 1.807) is 4.68 Å². The molecule has 2 aliphatic heterocycles. The van der Waals surface area contributed by atoms with Crippen LogP contribution in [0.25, 0.3) is 16.9 Å². The molecule has 2 aliphatic rings. The van der Waals surface area contributed by atoms with Crippen LogP contribution >= 0.6 is 0 Å². The number of likely N-dealkylation sites (tertiary alicyclic amines) is 1. The number of ether oxygens (including phenoxy) is 2. The number of rotatable bonds is 4. The highest BCUT2D eigenvalue weighted by molar-refractivity contribution is 6.00. The van der Waals surface area contributed by atoms with E-state index in [4.69, 9.17) is 14.6 Å². The summed E-state index contributed by atoms with van der Waals surface area (Å²) in [5.74, 6) is 0.389. The van der Waals surface area contributed by atoms with E-state index in [0.717, 1.165) is 24.1 Å². The summed E-state index contributed by atoms with van der Waals surface area (Å²) in [6.45, 7) is 2.75. The zero-order chi connectivity index (χ0) is 20.3. The van der Waals surface area contributed by atoms with Crippen molar-refractivity contribution in [2.24, 2.45) is 5.92 Å². The molecule has 1 amide bonds. The van der Waals surface area contributed by atoms with Crippen LogP contribution in [-0.4, -0.2) is 53.2 Å². The van der Waals surface area contributed by atoms with Crippen LogP contribution in [0.4, 0.5) is 0 Å². The smallest absolute Gasteiger partial charge is 0.257 e. The Bertz CT molecular complexity index is 989. The summed E-state index contributed by atoms with van der Waals surface area (Å²) < 4.78 is 13.1. The first-order valence-electron chi connectivity index (χ1n) is 10.5. The molecule has 6 nitrogen and oxygen atoms in total. The van der Waals surface area contributed by atoms with Gasteiger partial charge in [-0.05, 0) is 25.0 Å². The van der Waals surface area contributed by atoms with Crippen LogP contribution in [0.3, 0.4) is 0 Å². The van der Waals surface area contributed by atoms with Crippen molar-refractivity contribution in [1.29, 1.82) is 0 Å². The molecule has 3 heterocycles. The minimum absolute atomic E-state index is 0.0303. The molecule has 0 atom stereocenters. The Morgan fingerprint density at radius 2 is 1.53 bits per heavy atom. The van der Waals surface area contributed by atoms with Crippen molar-refractivity contribution in [3.8, 4) is 16.9 Å². The van der Waals surface area contributed by atoms with Gasteiger partial charge < -0.3 is 14.4 Å². The first-order valence-corrected chi connectivity index (χ1v) is 10.5. The number of amides is 1. The van der Waals surface area contributed by atoms with Crippen LogP contribution < -0.4 is 0 Å². The largest absolute Gasteiger partial charge is 0.350 e. The molecule has 2 saturated heterocycles. The highest BCUT2D eigenvalue weighted by Crippen LogP contribution is 2.29. The Hall–Kier alpha value is -2.96. The van der Waals surface area contributed by atoms with Crippen molar-refractivity contribution in [2.45, 2.75) is 19.1 Å². The van der Waals surface area contributed by atoms with E-state index < -0.39 is 0 Å². The molecule has 154 valence electrons. The van der Waals surface area contributed by atoms with Crippen molar-refractivity contribution in [1.82, 2.24) is 14.7 Å². The number of hydrogen-bond donors (Lipinski definition) is 0. The maximum absolute atomic E-state index is 13.5. The highest BCUT2D eigenvalue weighted by Gasteiger charge is 2.33. The minimum Gasteiger partial charge on any atom is -0.350 e. The van der Waals surface area contributed by atoms with Gasteiger partial charge in [0.1, 0.15) is 5.69 Å². The topological polar surface area (TPSA) is 56.6 Å². The lowest BCUT2D eigenvalue weighted by atomic mass is 9.95. The molecule has 3 aromatic rings. The molecule has 5 rings (SSSR count). The zero-order valence-corrected chi connectivity index (χ0v) is 16.8. The van der Waals surface area contributed by atoms with Crippen LogP contribution in [0.15, 0.2) is 66.9 Å². The van der Waals surface area contributed by atoms with E-state index >= 15 is 0 Å². The van der Waals surface area contributed by atoms with Gasteiger partial charge >= 0.3 is 0 Å². The third-order valence-electron chi connectivity index (χ3n) is 5.87. The van der Waals surface area contributed by atoms with E-state index in [1.807, 2.05) is 71.8 Å². The second-order valence-electron chi connectivity index (χ2n) is 7.78. The number of carbonyl (C=O) groups is 1. The van der Waals surface area contributed by atoms with Gasteiger partial charge in [0.15, 0.2) is 6.29 Å². The number of para-hydroxylation sites is 1. The molecule has 0 aliphatic carbocycles. The summed E-state index contributed by atoms with van der Waals surface area (Å²) in [7, 11) is 0. The van der Waals surface area contributed by atoms with E-state index in [0.29, 0.717) is 43.5 Å². The fraction of sp³-hybridized carbons (Fsp3) is 0.333. The minimum atomic E-state index is -0.108. The quantitative estimate of drug-likeness (QED) is 0.666. The van der Waals surface area contributed by atoms with Crippen LogP contribution in [0.2, 0.25) is 0 Å². The van der Waals surface area contributed by atoms with Crippen molar-refractivity contribution in [3.63, 3.8) is 0 Å². The second-order valence-corrected chi connectivity index (χ2v) is 7.78. The molecule has 6 heteroatoms. The molecule has 0 unspecified atom stereocenters. The molecule has 0 radical (unpaired) electrons. The summed E-state index contributed by atoms with van der Waals surface area (Å²) in [6.07, 6.45) is 3.53. The number of aromatic nitrogens is 2. The highest BCUT2D eigenvalue weighted by atomic mass is 16.7. The molecular weight excluding hydrogens is 378 g/mol. The summed E-state index contributed by atoms with van der Waals surface area (Å²) in [5, 5.41) is 4.77. The van der Waals surface area contributed by atoms with Crippen molar-refractivity contribution in [3.05, 3.63) is 72.4 Å². The van der Waals surface area contributed by atoms with E-state index in [9.17, 15) is 4.79 Å². The van der Waals surface area contributed by atoms with Crippen LogP contribution in [0.1, 0.15) is 23.2 Å². The second kappa shape index (κ2) is 8.42. The lowest BCUT2D eigenvalue weighted by Gasteiger charge is -2.33. The SMILES string of the molecule is O=C(c1cn(-c2ccccc2)nc1-c1ccccc1)N1CCC(C2OCCO2)CC1. The normalized spacial score (nSPS) is 18.1. The van der Waals surface area contributed by atoms with Gasteiger partial charge in [0.25, 0.3) is 5.91 Å². The Kier molecular flexibility index (Phi) is 5.34. The average Bonchev–Trinajstić information content (AvgIpc) is 3.51. The van der Waals surface area contributed by atoms with Crippen molar-refractivity contribution >= 4 is 5.91 Å². The molecule has 0 saturated carbocycles.